The second-order valence-corrected chi connectivity index (χ2v) is 6.99. The number of carbonyl (C=O) groups excluding carboxylic acids is 2. The lowest BCUT2D eigenvalue weighted by Crippen LogP contribution is -2.52. The second-order valence-electron chi connectivity index (χ2n) is 6.99. The van der Waals surface area contributed by atoms with Crippen molar-refractivity contribution >= 4 is 11.8 Å². The molecule has 3 heterocycles. The minimum atomic E-state index is -0.480. The van der Waals surface area contributed by atoms with Crippen LogP contribution in [0.25, 0.3) is 0 Å². The molecule has 3 aliphatic rings. The smallest absolute Gasteiger partial charge is 0.245 e. The molecule has 134 valence electrons. The topological polar surface area (TPSA) is 59.1 Å². The number of carbonyl (C=O) groups is 2. The molecule has 2 amide bonds. The van der Waals surface area contributed by atoms with Gasteiger partial charge in [0, 0.05) is 38.9 Å². The highest BCUT2D eigenvalue weighted by Gasteiger charge is 2.44. The summed E-state index contributed by atoms with van der Waals surface area (Å²) in [4.78, 5) is 28.9. The summed E-state index contributed by atoms with van der Waals surface area (Å²) >= 11 is 0. The Hall–Kier alpha value is -1.92. The minimum Gasteiger partial charge on any atom is -0.347 e. The van der Waals surface area contributed by atoms with Crippen molar-refractivity contribution in [1.29, 1.82) is 0 Å². The Morgan fingerprint density at radius 3 is 2.48 bits per heavy atom. The summed E-state index contributed by atoms with van der Waals surface area (Å²) in [6, 6.07) is 9.51. The van der Waals surface area contributed by atoms with Gasteiger partial charge in [0.05, 0.1) is 13.2 Å². The average molecular weight is 344 g/mol. The maximum Gasteiger partial charge on any atom is 0.245 e. The lowest BCUT2D eigenvalue weighted by atomic mass is 10.0. The van der Waals surface area contributed by atoms with Gasteiger partial charge in [-0.2, -0.15) is 0 Å². The van der Waals surface area contributed by atoms with Crippen LogP contribution in [0.3, 0.4) is 0 Å². The van der Waals surface area contributed by atoms with E-state index in [1.165, 1.54) is 0 Å². The monoisotopic (exact) mass is 344 g/mol. The number of hydrogen-bond donors (Lipinski definition) is 0. The Balaban J connectivity index is 1.41. The Bertz CT molecular complexity index is 632. The fourth-order valence-corrected chi connectivity index (χ4v) is 4.03. The molecular weight excluding hydrogens is 320 g/mol. The standard InChI is InChI=1S/C19H24N2O4/c22-17-7-6-16(21(17)14-15-4-2-1-3-5-15)18(23)20-10-8-19(9-11-20)24-12-13-25-19/h1-5,16H,6-14H2. The number of piperidine rings is 1. The van der Waals surface area contributed by atoms with E-state index in [1.807, 2.05) is 35.2 Å². The first-order valence-electron chi connectivity index (χ1n) is 9.07. The van der Waals surface area contributed by atoms with Crippen molar-refractivity contribution < 1.29 is 19.1 Å². The van der Waals surface area contributed by atoms with Gasteiger partial charge in [-0.05, 0) is 12.0 Å². The molecule has 0 aromatic heterocycles. The van der Waals surface area contributed by atoms with Crippen molar-refractivity contribution in [3.8, 4) is 0 Å². The molecule has 1 spiro atoms. The summed E-state index contributed by atoms with van der Waals surface area (Å²) in [6.45, 7) is 3.03. The largest absolute Gasteiger partial charge is 0.347 e. The highest BCUT2D eigenvalue weighted by atomic mass is 16.7. The van der Waals surface area contributed by atoms with E-state index >= 15 is 0 Å². The van der Waals surface area contributed by atoms with E-state index in [0.29, 0.717) is 58.5 Å². The van der Waals surface area contributed by atoms with Crippen molar-refractivity contribution in [1.82, 2.24) is 9.80 Å². The Kier molecular flexibility index (Phi) is 4.48. The van der Waals surface area contributed by atoms with Crippen LogP contribution < -0.4 is 0 Å². The van der Waals surface area contributed by atoms with Crippen LogP contribution in [0.2, 0.25) is 0 Å². The van der Waals surface area contributed by atoms with Gasteiger partial charge in [0.1, 0.15) is 6.04 Å². The summed E-state index contributed by atoms with van der Waals surface area (Å²) in [5.74, 6) is -0.348. The van der Waals surface area contributed by atoms with E-state index in [0.717, 1.165) is 5.56 Å². The first-order chi connectivity index (χ1) is 12.2. The zero-order valence-electron chi connectivity index (χ0n) is 14.4. The summed E-state index contributed by atoms with van der Waals surface area (Å²) in [5.41, 5.74) is 1.06. The SMILES string of the molecule is O=C(C1CCC(=O)N1Cc1ccccc1)N1CCC2(CC1)OCCO2. The number of ether oxygens (including phenoxy) is 2. The summed E-state index contributed by atoms with van der Waals surface area (Å²) < 4.78 is 11.5. The minimum absolute atomic E-state index is 0.0645. The molecule has 0 N–H and O–H groups in total. The van der Waals surface area contributed by atoms with E-state index in [2.05, 4.69) is 0 Å². The lowest BCUT2D eigenvalue weighted by Gasteiger charge is -2.39. The fraction of sp³-hybridized carbons (Fsp3) is 0.579. The molecule has 0 bridgehead atoms. The van der Waals surface area contributed by atoms with Crippen molar-refractivity contribution in [2.45, 2.75) is 44.1 Å². The number of amides is 2. The number of hydrogen-bond acceptors (Lipinski definition) is 4. The molecule has 25 heavy (non-hydrogen) atoms. The van der Waals surface area contributed by atoms with Crippen LogP contribution >= 0.6 is 0 Å². The first kappa shape index (κ1) is 16.5. The summed E-state index contributed by atoms with van der Waals surface area (Å²) in [6.07, 6.45) is 2.47. The number of benzene rings is 1. The zero-order valence-corrected chi connectivity index (χ0v) is 14.4. The average Bonchev–Trinajstić information content (AvgIpc) is 3.24. The van der Waals surface area contributed by atoms with Crippen LogP contribution in [-0.4, -0.2) is 59.7 Å². The highest BCUT2D eigenvalue weighted by Crippen LogP contribution is 2.32. The molecule has 1 aromatic carbocycles. The molecule has 3 saturated heterocycles. The Labute approximate surface area is 147 Å². The molecule has 6 nitrogen and oxygen atoms in total. The van der Waals surface area contributed by atoms with Crippen molar-refractivity contribution in [2.75, 3.05) is 26.3 Å². The van der Waals surface area contributed by atoms with Gasteiger partial charge in [-0.25, -0.2) is 0 Å². The molecule has 6 heteroatoms. The van der Waals surface area contributed by atoms with E-state index in [4.69, 9.17) is 9.47 Å². The highest BCUT2D eigenvalue weighted by molar-refractivity contribution is 5.91. The predicted molar refractivity (Wildman–Crippen MR) is 90.5 cm³/mol. The quantitative estimate of drug-likeness (QED) is 0.835. The van der Waals surface area contributed by atoms with Gasteiger partial charge in [0.2, 0.25) is 11.8 Å². The van der Waals surface area contributed by atoms with Crippen LogP contribution in [-0.2, 0) is 25.6 Å². The van der Waals surface area contributed by atoms with Crippen LogP contribution in [0.15, 0.2) is 30.3 Å². The number of likely N-dealkylation sites (tertiary alicyclic amines) is 2. The summed E-state index contributed by atoms with van der Waals surface area (Å²) in [5, 5.41) is 0. The van der Waals surface area contributed by atoms with Crippen molar-refractivity contribution in [2.24, 2.45) is 0 Å². The van der Waals surface area contributed by atoms with Crippen LogP contribution in [0, 0.1) is 0 Å². The Morgan fingerprint density at radius 1 is 1.12 bits per heavy atom. The van der Waals surface area contributed by atoms with E-state index in [9.17, 15) is 9.59 Å². The van der Waals surface area contributed by atoms with Gasteiger partial charge in [0.15, 0.2) is 5.79 Å². The molecule has 3 fully saturated rings. The second kappa shape index (κ2) is 6.77. The molecule has 1 unspecified atom stereocenters. The van der Waals surface area contributed by atoms with Crippen molar-refractivity contribution in [3.05, 3.63) is 35.9 Å². The van der Waals surface area contributed by atoms with Gasteiger partial charge >= 0.3 is 0 Å². The van der Waals surface area contributed by atoms with Crippen LogP contribution in [0.5, 0.6) is 0 Å². The van der Waals surface area contributed by atoms with Gasteiger partial charge in [-0.15, -0.1) is 0 Å². The maximum absolute atomic E-state index is 13.0. The van der Waals surface area contributed by atoms with E-state index < -0.39 is 5.79 Å². The van der Waals surface area contributed by atoms with E-state index in [-0.39, 0.29) is 17.9 Å². The Morgan fingerprint density at radius 2 is 1.80 bits per heavy atom. The van der Waals surface area contributed by atoms with Crippen LogP contribution in [0.1, 0.15) is 31.2 Å². The van der Waals surface area contributed by atoms with Crippen LogP contribution in [0.4, 0.5) is 0 Å². The molecule has 0 aliphatic carbocycles. The third kappa shape index (κ3) is 3.28. The number of nitrogens with zero attached hydrogens (tertiary/aromatic N) is 2. The molecule has 1 atom stereocenters. The molecule has 0 radical (unpaired) electrons. The molecular formula is C19H24N2O4. The maximum atomic E-state index is 13.0. The molecule has 1 aromatic rings. The molecule has 3 aliphatic heterocycles. The molecule has 0 saturated carbocycles. The van der Waals surface area contributed by atoms with Crippen molar-refractivity contribution in [3.63, 3.8) is 0 Å². The first-order valence-corrected chi connectivity index (χ1v) is 9.07. The predicted octanol–water partition coefficient (Wildman–Crippen LogP) is 1.54. The third-order valence-corrected chi connectivity index (χ3v) is 5.46. The zero-order chi connectivity index (χ0) is 17.3. The van der Waals surface area contributed by atoms with Gasteiger partial charge in [-0.3, -0.25) is 9.59 Å². The lowest BCUT2D eigenvalue weighted by molar-refractivity contribution is -0.188. The fourth-order valence-electron chi connectivity index (χ4n) is 4.03. The molecule has 4 rings (SSSR count). The third-order valence-electron chi connectivity index (χ3n) is 5.46. The van der Waals surface area contributed by atoms with E-state index in [1.54, 1.807) is 4.90 Å². The van der Waals surface area contributed by atoms with Gasteiger partial charge < -0.3 is 19.3 Å². The van der Waals surface area contributed by atoms with Gasteiger partial charge in [0.25, 0.3) is 0 Å². The van der Waals surface area contributed by atoms with Gasteiger partial charge in [-0.1, -0.05) is 30.3 Å². The normalized spacial score (nSPS) is 25.8. The summed E-state index contributed by atoms with van der Waals surface area (Å²) in [7, 11) is 0. The number of rotatable bonds is 3.